The van der Waals surface area contributed by atoms with E-state index in [0.29, 0.717) is 5.69 Å². The third-order valence-corrected chi connectivity index (χ3v) is 2.55. The van der Waals surface area contributed by atoms with E-state index in [9.17, 15) is 9.59 Å². The number of carboxylic acid groups (broad SMARTS) is 1. The van der Waals surface area contributed by atoms with Crippen molar-refractivity contribution in [2.75, 3.05) is 11.5 Å². The molecular weight excluding hydrogens is 258 g/mol. The summed E-state index contributed by atoms with van der Waals surface area (Å²) in [5, 5.41) is 26.7. The van der Waals surface area contributed by atoms with Gasteiger partial charge < -0.3 is 10.4 Å². The number of nitrogens with zero attached hydrogens (tertiary/aromatic N) is 4. The average Bonchev–Trinajstić information content (AvgIpc) is 2.73. The number of aromatic nitrogens is 3. The van der Waals surface area contributed by atoms with E-state index in [2.05, 4.69) is 15.6 Å². The second kappa shape index (κ2) is 7.29. The molecule has 1 amide bonds. The highest BCUT2D eigenvalue weighted by molar-refractivity contribution is 8.00. The van der Waals surface area contributed by atoms with Crippen LogP contribution < -0.4 is 5.32 Å². The van der Waals surface area contributed by atoms with Crippen LogP contribution in [0.5, 0.6) is 0 Å². The second-order valence-electron chi connectivity index (χ2n) is 3.23. The van der Waals surface area contributed by atoms with Crippen molar-refractivity contribution in [2.45, 2.75) is 13.1 Å². The van der Waals surface area contributed by atoms with E-state index in [-0.39, 0.29) is 30.5 Å². The first-order chi connectivity index (χ1) is 8.61. The highest BCUT2D eigenvalue weighted by Gasteiger charge is 2.06. The predicted molar refractivity (Wildman–Crippen MR) is 62.4 cm³/mol. The first-order valence-electron chi connectivity index (χ1n) is 4.94. The average molecular weight is 269 g/mol. The molecule has 0 aliphatic heterocycles. The second-order valence-corrected chi connectivity index (χ2v) is 4.21. The standard InChI is InChI=1S/C9H11N5O3S/c10-1-2-18-6-8(15)11-3-7-4-14(13-12-7)5-9(16)17/h4H,2-3,5-6H2,(H,11,15)(H,16,17). The Labute approximate surface area is 107 Å². The summed E-state index contributed by atoms with van der Waals surface area (Å²) in [6.45, 7) is -0.0788. The van der Waals surface area contributed by atoms with Gasteiger partial charge in [0.05, 0.1) is 30.3 Å². The molecule has 1 heterocycles. The van der Waals surface area contributed by atoms with E-state index < -0.39 is 5.97 Å². The summed E-state index contributed by atoms with van der Waals surface area (Å²) in [5.74, 6) is -0.745. The number of carboxylic acids is 1. The van der Waals surface area contributed by atoms with Crippen LogP contribution in [-0.2, 0) is 22.7 Å². The lowest BCUT2D eigenvalue weighted by Gasteiger charge is -2.00. The number of nitriles is 1. The monoisotopic (exact) mass is 269 g/mol. The Morgan fingerprint density at radius 3 is 3.06 bits per heavy atom. The lowest BCUT2D eigenvalue weighted by Crippen LogP contribution is -2.24. The van der Waals surface area contributed by atoms with Gasteiger partial charge in [-0.3, -0.25) is 9.59 Å². The Hall–Kier alpha value is -2.08. The summed E-state index contributed by atoms with van der Waals surface area (Å²) in [4.78, 5) is 21.7. The number of carbonyl (C=O) groups excluding carboxylic acids is 1. The van der Waals surface area contributed by atoms with Crippen molar-refractivity contribution in [3.8, 4) is 6.07 Å². The van der Waals surface area contributed by atoms with Crippen LogP contribution in [0.1, 0.15) is 5.69 Å². The Bertz CT molecular complexity index is 467. The predicted octanol–water partition coefficient (Wildman–Crippen LogP) is -0.764. The summed E-state index contributed by atoms with van der Waals surface area (Å²) in [5.41, 5.74) is 0.481. The van der Waals surface area contributed by atoms with Crippen LogP contribution in [0.2, 0.25) is 0 Å². The van der Waals surface area contributed by atoms with Crippen molar-refractivity contribution in [1.82, 2.24) is 20.3 Å². The molecule has 0 fully saturated rings. The molecule has 0 bridgehead atoms. The fraction of sp³-hybridized carbons (Fsp3) is 0.444. The molecule has 0 aliphatic rings. The molecule has 1 aromatic rings. The lowest BCUT2D eigenvalue weighted by atomic mass is 10.4. The molecule has 0 aliphatic carbocycles. The van der Waals surface area contributed by atoms with Crippen molar-refractivity contribution >= 4 is 23.6 Å². The fourth-order valence-corrected chi connectivity index (χ4v) is 1.55. The summed E-state index contributed by atoms with van der Waals surface area (Å²) >= 11 is 1.22. The molecule has 2 N–H and O–H groups in total. The van der Waals surface area contributed by atoms with Gasteiger partial charge in [-0.05, 0) is 0 Å². The van der Waals surface area contributed by atoms with Crippen molar-refractivity contribution in [3.05, 3.63) is 11.9 Å². The van der Waals surface area contributed by atoms with Crippen LogP contribution >= 0.6 is 11.8 Å². The first-order valence-corrected chi connectivity index (χ1v) is 6.09. The number of rotatable bonds is 7. The zero-order valence-corrected chi connectivity index (χ0v) is 10.2. The maximum Gasteiger partial charge on any atom is 0.325 e. The van der Waals surface area contributed by atoms with E-state index >= 15 is 0 Å². The van der Waals surface area contributed by atoms with E-state index in [0.717, 1.165) is 0 Å². The van der Waals surface area contributed by atoms with Gasteiger partial charge in [-0.15, -0.1) is 16.9 Å². The quantitative estimate of drug-likeness (QED) is 0.624. The van der Waals surface area contributed by atoms with Gasteiger partial charge in [0.25, 0.3) is 0 Å². The van der Waals surface area contributed by atoms with E-state index in [4.69, 9.17) is 10.4 Å². The smallest absolute Gasteiger partial charge is 0.325 e. The SMILES string of the molecule is N#CCSCC(=O)NCc1cn(CC(=O)O)nn1. The topological polar surface area (TPSA) is 121 Å². The van der Waals surface area contributed by atoms with Crippen molar-refractivity contribution in [2.24, 2.45) is 0 Å². The van der Waals surface area contributed by atoms with Crippen molar-refractivity contribution in [1.29, 1.82) is 5.26 Å². The van der Waals surface area contributed by atoms with Crippen molar-refractivity contribution in [3.63, 3.8) is 0 Å². The zero-order valence-electron chi connectivity index (χ0n) is 9.37. The minimum atomic E-state index is -1.01. The molecule has 1 aromatic heterocycles. The Kier molecular flexibility index (Phi) is 5.66. The Morgan fingerprint density at radius 2 is 2.39 bits per heavy atom. The molecule has 0 unspecified atom stereocenters. The number of thioether (sulfide) groups is 1. The molecule has 0 spiro atoms. The van der Waals surface area contributed by atoms with Crippen LogP contribution in [0.3, 0.4) is 0 Å². The van der Waals surface area contributed by atoms with Gasteiger partial charge in [0.15, 0.2) is 0 Å². The minimum Gasteiger partial charge on any atom is -0.480 e. The molecule has 0 saturated heterocycles. The number of hydrogen-bond acceptors (Lipinski definition) is 6. The Balaban J connectivity index is 2.30. The highest BCUT2D eigenvalue weighted by atomic mass is 32.2. The molecule has 96 valence electrons. The van der Waals surface area contributed by atoms with Crippen LogP contribution in [0, 0.1) is 11.3 Å². The molecular formula is C9H11N5O3S. The Morgan fingerprint density at radius 1 is 1.61 bits per heavy atom. The summed E-state index contributed by atoms with van der Waals surface area (Å²) < 4.78 is 1.17. The van der Waals surface area contributed by atoms with Gasteiger partial charge >= 0.3 is 5.97 Å². The largest absolute Gasteiger partial charge is 0.480 e. The third kappa shape index (κ3) is 5.31. The van der Waals surface area contributed by atoms with Crippen molar-refractivity contribution < 1.29 is 14.7 Å². The molecule has 1 rings (SSSR count). The van der Waals surface area contributed by atoms with Gasteiger partial charge in [0.2, 0.25) is 5.91 Å². The number of carbonyl (C=O) groups is 2. The normalized spacial score (nSPS) is 9.72. The van der Waals surface area contributed by atoms with Gasteiger partial charge in [0, 0.05) is 0 Å². The lowest BCUT2D eigenvalue weighted by molar-refractivity contribution is -0.137. The van der Waals surface area contributed by atoms with Crippen LogP contribution in [-0.4, -0.2) is 43.5 Å². The molecule has 0 radical (unpaired) electrons. The van der Waals surface area contributed by atoms with Crippen LogP contribution in [0.15, 0.2) is 6.20 Å². The number of hydrogen-bond donors (Lipinski definition) is 2. The van der Waals surface area contributed by atoms with Gasteiger partial charge in [-0.2, -0.15) is 5.26 Å². The molecule has 9 heteroatoms. The van der Waals surface area contributed by atoms with Gasteiger partial charge in [-0.25, -0.2) is 4.68 Å². The molecule has 0 saturated carbocycles. The molecule has 18 heavy (non-hydrogen) atoms. The van der Waals surface area contributed by atoms with Crippen LogP contribution in [0.25, 0.3) is 0 Å². The third-order valence-electron chi connectivity index (χ3n) is 1.75. The van der Waals surface area contributed by atoms with E-state index in [1.807, 2.05) is 6.07 Å². The summed E-state index contributed by atoms with van der Waals surface area (Å²) in [6.07, 6.45) is 1.46. The molecule has 8 nitrogen and oxygen atoms in total. The highest BCUT2D eigenvalue weighted by Crippen LogP contribution is 1.98. The number of aliphatic carboxylic acids is 1. The first kappa shape index (κ1) is 14.0. The molecule has 0 atom stereocenters. The van der Waals surface area contributed by atoms with Gasteiger partial charge in [-0.1, -0.05) is 5.21 Å². The zero-order chi connectivity index (χ0) is 13.4. The number of nitrogens with one attached hydrogen (secondary N) is 1. The fourth-order valence-electron chi connectivity index (χ4n) is 1.06. The van der Waals surface area contributed by atoms with Crippen LogP contribution in [0.4, 0.5) is 0 Å². The van der Waals surface area contributed by atoms with E-state index in [1.54, 1.807) is 0 Å². The summed E-state index contributed by atoms with van der Waals surface area (Å²) in [6, 6.07) is 1.92. The minimum absolute atomic E-state index is 0.186. The maximum absolute atomic E-state index is 11.3. The van der Waals surface area contributed by atoms with E-state index in [1.165, 1.54) is 22.6 Å². The summed E-state index contributed by atoms with van der Waals surface area (Å²) in [7, 11) is 0. The van der Waals surface area contributed by atoms with Gasteiger partial charge in [0.1, 0.15) is 12.2 Å². The number of amides is 1. The molecule has 0 aromatic carbocycles. The maximum atomic E-state index is 11.3.